The van der Waals surface area contributed by atoms with E-state index >= 15 is 0 Å². The number of rotatable bonds is 8. The summed E-state index contributed by atoms with van der Waals surface area (Å²) in [6.07, 6.45) is -0.00861. The first-order chi connectivity index (χ1) is 11.9. The second kappa shape index (κ2) is 10.3. The zero-order chi connectivity index (χ0) is 18.8. The zero-order valence-electron chi connectivity index (χ0n) is 15.1. The number of benzene rings is 1. The highest BCUT2D eigenvalue weighted by Gasteiger charge is 2.28. The number of ether oxygens (including phenoxy) is 2. The summed E-state index contributed by atoms with van der Waals surface area (Å²) in [6, 6.07) is 7.60. The van der Waals surface area contributed by atoms with Crippen LogP contribution < -0.4 is 10.6 Å². The number of amides is 2. The summed E-state index contributed by atoms with van der Waals surface area (Å²) in [5.74, 6) is -1.08. The van der Waals surface area contributed by atoms with Crippen LogP contribution in [-0.2, 0) is 25.7 Å². The average molecular weight is 350 g/mol. The lowest BCUT2D eigenvalue weighted by Gasteiger charge is -2.23. The lowest BCUT2D eigenvalue weighted by Crippen LogP contribution is -2.52. The molecule has 0 spiro atoms. The SMILES string of the molecule is CCC(C)[C@H](NC(=O)[C@H](C)NC(=O)OCc1ccccc1)C(=O)OC. The second-order valence-corrected chi connectivity index (χ2v) is 5.82. The topological polar surface area (TPSA) is 93.7 Å². The molecular formula is C18H26N2O5. The van der Waals surface area contributed by atoms with E-state index in [4.69, 9.17) is 9.47 Å². The molecule has 138 valence electrons. The molecule has 3 atom stereocenters. The number of methoxy groups -OCH3 is 1. The van der Waals surface area contributed by atoms with Gasteiger partial charge in [0.05, 0.1) is 7.11 Å². The maximum atomic E-state index is 12.2. The molecule has 0 radical (unpaired) electrons. The summed E-state index contributed by atoms with van der Waals surface area (Å²) >= 11 is 0. The van der Waals surface area contributed by atoms with Crippen molar-refractivity contribution in [2.75, 3.05) is 7.11 Å². The van der Waals surface area contributed by atoms with Gasteiger partial charge in [-0.1, -0.05) is 50.6 Å². The summed E-state index contributed by atoms with van der Waals surface area (Å²) in [7, 11) is 1.27. The fraction of sp³-hybridized carbons (Fsp3) is 0.500. The Morgan fingerprint density at radius 2 is 1.72 bits per heavy atom. The van der Waals surface area contributed by atoms with Gasteiger partial charge in [0.25, 0.3) is 0 Å². The van der Waals surface area contributed by atoms with Gasteiger partial charge in [-0.15, -0.1) is 0 Å². The summed E-state index contributed by atoms with van der Waals surface area (Å²) in [5, 5.41) is 5.06. The van der Waals surface area contributed by atoms with Gasteiger partial charge in [0.15, 0.2) is 0 Å². The minimum absolute atomic E-state index is 0.0892. The quantitative estimate of drug-likeness (QED) is 0.700. The summed E-state index contributed by atoms with van der Waals surface area (Å²) in [5.41, 5.74) is 0.845. The standard InChI is InChI=1S/C18H26N2O5/c1-5-12(2)15(17(22)24-4)20-16(21)13(3)19-18(23)25-11-14-9-7-6-8-10-14/h6-10,12-13,15H,5,11H2,1-4H3,(H,19,23)(H,20,21)/t12?,13-,15-/m0/s1. The van der Waals surface area contributed by atoms with Crippen molar-refractivity contribution in [1.29, 1.82) is 0 Å². The van der Waals surface area contributed by atoms with Crippen LogP contribution in [0.3, 0.4) is 0 Å². The third-order valence-electron chi connectivity index (χ3n) is 3.91. The van der Waals surface area contributed by atoms with Gasteiger partial charge in [-0.3, -0.25) is 4.79 Å². The zero-order valence-corrected chi connectivity index (χ0v) is 15.1. The van der Waals surface area contributed by atoms with E-state index in [-0.39, 0.29) is 12.5 Å². The van der Waals surface area contributed by atoms with E-state index < -0.39 is 30.1 Å². The van der Waals surface area contributed by atoms with E-state index in [1.54, 1.807) is 0 Å². The lowest BCUT2D eigenvalue weighted by molar-refractivity contribution is -0.146. The molecule has 0 heterocycles. The number of hydrogen-bond acceptors (Lipinski definition) is 5. The highest BCUT2D eigenvalue weighted by atomic mass is 16.5. The molecule has 0 aromatic heterocycles. The van der Waals surface area contributed by atoms with E-state index in [0.29, 0.717) is 6.42 Å². The molecule has 0 saturated carbocycles. The first kappa shape index (κ1) is 20.5. The molecule has 0 saturated heterocycles. The van der Waals surface area contributed by atoms with Crippen LogP contribution in [0.15, 0.2) is 30.3 Å². The largest absolute Gasteiger partial charge is 0.467 e. The molecule has 1 rings (SSSR count). The molecule has 0 fully saturated rings. The Morgan fingerprint density at radius 1 is 1.08 bits per heavy atom. The summed E-state index contributed by atoms with van der Waals surface area (Å²) in [4.78, 5) is 35.8. The molecule has 1 aromatic rings. The third kappa shape index (κ3) is 6.82. The maximum Gasteiger partial charge on any atom is 0.408 e. The van der Waals surface area contributed by atoms with E-state index in [1.165, 1.54) is 14.0 Å². The van der Waals surface area contributed by atoms with Gasteiger partial charge in [0, 0.05) is 0 Å². The molecule has 0 aliphatic rings. The number of carbonyl (C=O) groups is 3. The Labute approximate surface area is 148 Å². The normalized spacial score (nSPS) is 13.9. The predicted octanol–water partition coefficient (Wildman–Crippen LogP) is 2.01. The van der Waals surface area contributed by atoms with Crippen molar-refractivity contribution < 1.29 is 23.9 Å². The number of esters is 1. The molecule has 1 aromatic carbocycles. The highest BCUT2D eigenvalue weighted by molar-refractivity contribution is 5.89. The van der Waals surface area contributed by atoms with Crippen molar-refractivity contribution in [3.63, 3.8) is 0 Å². The van der Waals surface area contributed by atoms with Crippen molar-refractivity contribution in [3.05, 3.63) is 35.9 Å². The molecule has 1 unspecified atom stereocenters. The van der Waals surface area contributed by atoms with Gasteiger partial charge in [-0.05, 0) is 18.4 Å². The number of alkyl carbamates (subject to hydrolysis) is 1. The van der Waals surface area contributed by atoms with Crippen molar-refractivity contribution in [2.24, 2.45) is 5.92 Å². The van der Waals surface area contributed by atoms with Gasteiger partial charge in [-0.25, -0.2) is 9.59 Å². The number of hydrogen-bond donors (Lipinski definition) is 2. The molecule has 25 heavy (non-hydrogen) atoms. The summed E-state index contributed by atoms with van der Waals surface area (Å²) < 4.78 is 9.79. The van der Waals surface area contributed by atoms with Crippen LogP contribution in [0.25, 0.3) is 0 Å². The molecule has 2 amide bonds. The van der Waals surface area contributed by atoms with E-state index in [2.05, 4.69) is 10.6 Å². The van der Waals surface area contributed by atoms with Gasteiger partial charge in [0.2, 0.25) is 5.91 Å². The van der Waals surface area contributed by atoms with Crippen LogP contribution in [0.2, 0.25) is 0 Å². The van der Waals surface area contributed by atoms with Crippen molar-refractivity contribution in [3.8, 4) is 0 Å². The van der Waals surface area contributed by atoms with Crippen LogP contribution in [0.5, 0.6) is 0 Å². The van der Waals surface area contributed by atoms with E-state index in [9.17, 15) is 14.4 Å². The molecular weight excluding hydrogens is 324 g/mol. The highest BCUT2D eigenvalue weighted by Crippen LogP contribution is 2.09. The first-order valence-corrected chi connectivity index (χ1v) is 8.24. The Kier molecular flexibility index (Phi) is 8.46. The molecule has 0 aliphatic heterocycles. The van der Waals surface area contributed by atoms with Crippen LogP contribution in [0.4, 0.5) is 4.79 Å². The first-order valence-electron chi connectivity index (χ1n) is 8.24. The van der Waals surface area contributed by atoms with Crippen LogP contribution in [0, 0.1) is 5.92 Å². The molecule has 7 nitrogen and oxygen atoms in total. The second-order valence-electron chi connectivity index (χ2n) is 5.82. The lowest BCUT2D eigenvalue weighted by atomic mass is 9.99. The van der Waals surface area contributed by atoms with Gasteiger partial charge in [-0.2, -0.15) is 0 Å². The molecule has 0 aliphatic carbocycles. The van der Waals surface area contributed by atoms with Crippen molar-refractivity contribution >= 4 is 18.0 Å². The van der Waals surface area contributed by atoms with Crippen LogP contribution in [0.1, 0.15) is 32.8 Å². The monoisotopic (exact) mass is 350 g/mol. The number of carbonyl (C=O) groups excluding carboxylic acids is 3. The maximum absolute atomic E-state index is 12.2. The summed E-state index contributed by atoms with van der Waals surface area (Å²) in [6.45, 7) is 5.38. The van der Waals surface area contributed by atoms with E-state index in [1.807, 2.05) is 44.2 Å². The minimum Gasteiger partial charge on any atom is -0.467 e. The molecule has 0 bridgehead atoms. The van der Waals surface area contributed by atoms with Crippen molar-refractivity contribution in [1.82, 2.24) is 10.6 Å². The molecule has 2 N–H and O–H groups in total. The average Bonchev–Trinajstić information content (AvgIpc) is 2.63. The predicted molar refractivity (Wildman–Crippen MR) is 92.6 cm³/mol. The Balaban J connectivity index is 2.51. The fourth-order valence-electron chi connectivity index (χ4n) is 2.08. The Bertz CT molecular complexity index is 576. The Morgan fingerprint density at radius 3 is 2.28 bits per heavy atom. The fourth-order valence-corrected chi connectivity index (χ4v) is 2.08. The van der Waals surface area contributed by atoms with Gasteiger partial charge < -0.3 is 20.1 Å². The minimum atomic E-state index is -0.848. The van der Waals surface area contributed by atoms with E-state index in [0.717, 1.165) is 5.56 Å². The Hall–Kier alpha value is -2.57. The third-order valence-corrected chi connectivity index (χ3v) is 3.91. The van der Waals surface area contributed by atoms with Crippen LogP contribution >= 0.6 is 0 Å². The number of nitrogens with one attached hydrogen (secondary N) is 2. The van der Waals surface area contributed by atoms with Crippen molar-refractivity contribution in [2.45, 2.75) is 45.9 Å². The van der Waals surface area contributed by atoms with Crippen LogP contribution in [-0.4, -0.2) is 37.2 Å². The molecule has 7 heteroatoms. The van der Waals surface area contributed by atoms with Gasteiger partial charge >= 0.3 is 12.1 Å². The smallest absolute Gasteiger partial charge is 0.408 e. The van der Waals surface area contributed by atoms with Gasteiger partial charge in [0.1, 0.15) is 18.7 Å².